The Balaban J connectivity index is 1.40. The van der Waals surface area contributed by atoms with Gasteiger partial charge in [0.05, 0.1) is 0 Å². The molecule has 0 atom stereocenters. The molecule has 0 aliphatic rings. The van der Waals surface area contributed by atoms with Gasteiger partial charge < -0.3 is 0 Å². The van der Waals surface area contributed by atoms with Gasteiger partial charge in [-0.15, -0.1) is 0 Å². The lowest BCUT2D eigenvalue weighted by Crippen LogP contribution is -1.88. The zero-order chi connectivity index (χ0) is 22.2. The molecule has 0 spiro atoms. The lowest BCUT2D eigenvalue weighted by molar-refractivity contribution is 1.72. The Hall–Kier alpha value is -4.60. The van der Waals surface area contributed by atoms with Crippen molar-refractivity contribution in [2.75, 3.05) is 0 Å². The van der Waals surface area contributed by atoms with E-state index in [0.717, 1.165) is 11.1 Å². The van der Waals surface area contributed by atoms with E-state index in [0.29, 0.717) is 0 Å². The Morgan fingerprint density at radius 3 is 1.03 bits per heavy atom. The van der Waals surface area contributed by atoms with Crippen LogP contribution in [0.5, 0.6) is 0 Å². The van der Waals surface area contributed by atoms with E-state index < -0.39 is 0 Å². The van der Waals surface area contributed by atoms with E-state index in [-0.39, 0.29) is 0 Å². The van der Waals surface area contributed by atoms with Crippen molar-refractivity contribution in [1.82, 2.24) is 0 Å². The lowest BCUT2D eigenvalue weighted by Gasteiger charge is -2.12. The van der Waals surface area contributed by atoms with E-state index in [9.17, 15) is 0 Å². The van der Waals surface area contributed by atoms with E-state index in [1.54, 1.807) is 0 Å². The first-order chi connectivity index (χ1) is 16.8. The minimum absolute atomic E-state index is 1.08. The normalized spacial score (nSPS) is 11.9. The number of benzene rings is 8. The summed E-state index contributed by atoms with van der Waals surface area (Å²) < 4.78 is 0. The van der Waals surface area contributed by atoms with E-state index >= 15 is 0 Å². The van der Waals surface area contributed by atoms with Gasteiger partial charge in [0.2, 0.25) is 0 Å². The molecule has 0 aromatic heterocycles. The molecule has 0 radical (unpaired) electrons. The predicted molar refractivity (Wildman–Crippen MR) is 146 cm³/mol. The molecule has 0 aliphatic heterocycles. The van der Waals surface area contributed by atoms with Gasteiger partial charge in [0.25, 0.3) is 0 Å². The lowest BCUT2D eigenvalue weighted by atomic mass is 9.91. The number of hydrogen-bond acceptors (Lipinski definition) is 0. The summed E-state index contributed by atoms with van der Waals surface area (Å²) in [5.41, 5.74) is 2.16. The molecule has 8 rings (SSSR count). The molecule has 0 heteroatoms. The zero-order valence-corrected chi connectivity index (χ0v) is 18.4. The first kappa shape index (κ1) is 17.9. The fourth-order valence-corrected chi connectivity index (χ4v) is 5.82. The Kier molecular flexibility index (Phi) is 3.41. The summed E-state index contributed by atoms with van der Waals surface area (Å²) in [4.78, 5) is 0. The van der Waals surface area contributed by atoms with Gasteiger partial charge in [-0.25, -0.2) is 0 Å². The summed E-state index contributed by atoms with van der Waals surface area (Å²) in [6, 6.07) is 39.6. The second kappa shape index (κ2) is 6.47. The van der Waals surface area contributed by atoms with Crippen molar-refractivity contribution in [3.63, 3.8) is 0 Å². The second-order valence-electron chi connectivity index (χ2n) is 9.19. The van der Waals surface area contributed by atoms with Gasteiger partial charge in [-0.05, 0) is 76.8 Å². The molecular formula is C34H18. The third kappa shape index (κ3) is 2.34. The Morgan fingerprint density at radius 1 is 0.294 bits per heavy atom. The van der Waals surface area contributed by atoms with Gasteiger partial charge in [-0.1, -0.05) is 109 Å². The molecule has 0 aliphatic carbocycles. The standard InChI is InChI=1S/C34H18/c1-3-23-13-15-27-11-9-21(29-19-17-25(5-1)31(23)33(27)29)7-8-22-10-12-28-16-14-24-4-2-6-26-18-20-30(22)34(28)32(24)26/h1-6,9-20H. The van der Waals surface area contributed by atoms with Crippen LogP contribution < -0.4 is 0 Å². The van der Waals surface area contributed by atoms with Crippen molar-refractivity contribution >= 4 is 64.6 Å². The second-order valence-corrected chi connectivity index (χ2v) is 9.19. The molecule has 8 aromatic rings. The molecule has 0 fully saturated rings. The van der Waals surface area contributed by atoms with Crippen molar-refractivity contribution in [2.24, 2.45) is 0 Å². The molecule has 154 valence electrons. The molecule has 0 nitrogen and oxygen atoms in total. The fraction of sp³-hybridized carbons (Fsp3) is 0. The minimum atomic E-state index is 1.08. The molecule has 0 saturated carbocycles. The topological polar surface area (TPSA) is 0 Å². The molecule has 0 amide bonds. The third-order valence-electron chi connectivity index (χ3n) is 7.39. The van der Waals surface area contributed by atoms with Gasteiger partial charge in [0.15, 0.2) is 0 Å². The van der Waals surface area contributed by atoms with Crippen LogP contribution in [0, 0.1) is 11.8 Å². The molecule has 0 heterocycles. The highest BCUT2D eigenvalue weighted by atomic mass is 14.1. The van der Waals surface area contributed by atoms with E-state index in [4.69, 9.17) is 0 Å². The van der Waals surface area contributed by atoms with Crippen molar-refractivity contribution < 1.29 is 0 Å². The van der Waals surface area contributed by atoms with E-state index in [1.807, 2.05) is 0 Å². The van der Waals surface area contributed by atoms with Crippen LogP contribution in [0.2, 0.25) is 0 Å². The first-order valence-corrected chi connectivity index (χ1v) is 11.7. The van der Waals surface area contributed by atoms with Crippen molar-refractivity contribution in [2.45, 2.75) is 0 Å². The maximum absolute atomic E-state index is 3.54. The maximum Gasteiger partial charge on any atom is 0.0328 e. The van der Waals surface area contributed by atoms with Crippen LogP contribution in [-0.4, -0.2) is 0 Å². The highest BCUT2D eigenvalue weighted by Crippen LogP contribution is 2.37. The predicted octanol–water partition coefficient (Wildman–Crippen LogP) is 8.88. The molecule has 0 saturated heterocycles. The molecule has 8 aromatic carbocycles. The van der Waals surface area contributed by atoms with Crippen LogP contribution in [0.3, 0.4) is 0 Å². The van der Waals surface area contributed by atoms with Crippen LogP contribution in [0.1, 0.15) is 11.1 Å². The van der Waals surface area contributed by atoms with E-state index in [1.165, 1.54) is 64.6 Å². The van der Waals surface area contributed by atoms with Crippen LogP contribution in [-0.2, 0) is 0 Å². The maximum atomic E-state index is 3.54. The summed E-state index contributed by atoms with van der Waals surface area (Å²) >= 11 is 0. The van der Waals surface area contributed by atoms with Crippen molar-refractivity contribution in [3.05, 3.63) is 120 Å². The highest BCUT2D eigenvalue weighted by molar-refractivity contribution is 6.25. The molecule has 34 heavy (non-hydrogen) atoms. The van der Waals surface area contributed by atoms with Gasteiger partial charge in [-0.2, -0.15) is 0 Å². The van der Waals surface area contributed by atoms with Crippen LogP contribution in [0.15, 0.2) is 109 Å². The minimum Gasteiger partial charge on any atom is -0.0610 e. The highest BCUT2D eigenvalue weighted by Gasteiger charge is 2.11. The Morgan fingerprint density at radius 2 is 0.618 bits per heavy atom. The average molecular weight is 427 g/mol. The van der Waals surface area contributed by atoms with Gasteiger partial charge >= 0.3 is 0 Å². The van der Waals surface area contributed by atoms with Crippen molar-refractivity contribution in [1.29, 1.82) is 0 Å². The molecular weight excluding hydrogens is 408 g/mol. The van der Waals surface area contributed by atoms with Gasteiger partial charge in [0, 0.05) is 11.1 Å². The largest absolute Gasteiger partial charge is 0.0610 e. The Bertz CT molecular complexity index is 1930. The van der Waals surface area contributed by atoms with Crippen LogP contribution in [0.4, 0.5) is 0 Å². The first-order valence-electron chi connectivity index (χ1n) is 11.7. The summed E-state index contributed by atoms with van der Waals surface area (Å²) in [7, 11) is 0. The smallest absolute Gasteiger partial charge is 0.0328 e. The van der Waals surface area contributed by atoms with E-state index in [2.05, 4.69) is 121 Å². The van der Waals surface area contributed by atoms with Gasteiger partial charge in [-0.3, -0.25) is 0 Å². The summed E-state index contributed by atoms with van der Waals surface area (Å²) in [6.45, 7) is 0. The van der Waals surface area contributed by atoms with Gasteiger partial charge in [0.1, 0.15) is 0 Å². The monoisotopic (exact) mass is 426 g/mol. The summed E-state index contributed by atoms with van der Waals surface area (Å²) in [5.74, 6) is 7.08. The van der Waals surface area contributed by atoms with Crippen molar-refractivity contribution in [3.8, 4) is 11.8 Å². The Labute approximate surface area is 196 Å². The SMILES string of the molecule is C(#Cc1ccc2ccc3cccc4ccc1c2c34)c1ccc2ccc3cccc4ccc1c2c34. The summed E-state index contributed by atoms with van der Waals surface area (Å²) in [6.07, 6.45) is 0. The molecule has 0 bridgehead atoms. The quantitative estimate of drug-likeness (QED) is 0.168. The summed E-state index contributed by atoms with van der Waals surface area (Å²) in [5, 5.41) is 15.4. The van der Waals surface area contributed by atoms with Crippen LogP contribution >= 0.6 is 0 Å². The fourth-order valence-electron chi connectivity index (χ4n) is 5.82. The zero-order valence-electron chi connectivity index (χ0n) is 18.4. The third-order valence-corrected chi connectivity index (χ3v) is 7.39. The number of rotatable bonds is 0. The average Bonchev–Trinajstić information content (AvgIpc) is 2.90. The van der Waals surface area contributed by atoms with Crippen LogP contribution in [0.25, 0.3) is 64.6 Å². The number of hydrogen-bond donors (Lipinski definition) is 0. The molecule has 0 N–H and O–H groups in total. The molecule has 0 unspecified atom stereocenters.